The predicted molar refractivity (Wildman–Crippen MR) is 49.4 cm³/mol. The largest absolute Gasteiger partial charge is 0.398 e. The van der Waals surface area contributed by atoms with Crippen LogP contribution in [0.2, 0.25) is 0 Å². The molecule has 0 fully saturated rings. The zero-order valence-corrected chi connectivity index (χ0v) is 7.05. The summed E-state index contributed by atoms with van der Waals surface area (Å²) in [4.78, 5) is 0. The fourth-order valence-electron chi connectivity index (χ4n) is 0.861. The molecule has 1 rings (SSSR count). The SMILES string of the molecule is Nc1cc(F)ccc1C#CCCO. The summed E-state index contributed by atoms with van der Waals surface area (Å²) in [5.74, 6) is 5.08. The summed E-state index contributed by atoms with van der Waals surface area (Å²) in [6.07, 6.45) is 0.400. The highest BCUT2D eigenvalue weighted by Gasteiger charge is 1.96. The summed E-state index contributed by atoms with van der Waals surface area (Å²) >= 11 is 0. The summed E-state index contributed by atoms with van der Waals surface area (Å²) < 4.78 is 12.6. The molecule has 0 aliphatic heterocycles. The van der Waals surface area contributed by atoms with E-state index in [0.29, 0.717) is 17.7 Å². The molecule has 2 nitrogen and oxygen atoms in total. The molecule has 0 saturated heterocycles. The van der Waals surface area contributed by atoms with Gasteiger partial charge in [0.15, 0.2) is 0 Å². The van der Waals surface area contributed by atoms with Gasteiger partial charge in [-0.1, -0.05) is 11.8 Å². The van der Waals surface area contributed by atoms with E-state index in [-0.39, 0.29) is 12.4 Å². The van der Waals surface area contributed by atoms with E-state index in [0.717, 1.165) is 0 Å². The second kappa shape index (κ2) is 4.48. The first-order valence-electron chi connectivity index (χ1n) is 3.89. The molecular formula is C10H10FNO. The molecule has 68 valence electrons. The molecule has 0 atom stereocenters. The van der Waals surface area contributed by atoms with Crippen LogP contribution in [-0.4, -0.2) is 11.7 Å². The Kier molecular flexibility index (Phi) is 3.30. The van der Waals surface area contributed by atoms with Crippen LogP contribution >= 0.6 is 0 Å². The topological polar surface area (TPSA) is 46.2 Å². The summed E-state index contributed by atoms with van der Waals surface area (Å²) in [5, 5.41) is 8.46. The lowest BCUT2D eigenvalue weighted by Gasteiger charge is -1.96. The smallest absolute Gasteiger partial charge is 0.125 e. The Morgan fingerprint density at radius 2 is 2.23 bits per heavy atom. The second-order valence-electron chi connectivity index (χ2n) is 2.51. The van der Waals surface area contributed by atoms with Crippen LogP contribution in [0.3, 0.4) is 0 Å². The molecule has 13 heavy (non-hydrogen) atoms. The number of halogens is 1. The first-order chi connectivity index (χ1) is 6.24. The number of aliphatic hydroxyl groups excluding tert-OH is 1. The first-order valence-corrected chi connectivity index (χ1v) is 3.89. The maximum absolute atomic E-state index is 12.6. The molecule has 0 aliphatic rings. The molecule has 0 spiro atoms. The van der Waals surface area contributed by atoms with E-state index in [1.54, 1.807) is 0 Å². The predicted octanol–water partition coefficient (Wildman–Crippen LogP) is 1.14. The van der Waals surface area contributed by atoms with Crippen LogP contribution in [0.25, 0.3) is 0 Å². The fourth-order valence-corrected chi connectivity index (χ4v) is 0.861. The van der Waals surface area contributed by atoms with Crippen LogP contribution in [0, 0.1) is 17.7 Å². The Balaban J connectivity index is 2.85. The molecule has 3 heteroatoms. The van der Waals surface area contributed by atoms with Gasteiger partial charge in [-0.05, 0) is 18.2 Å². The van der Waals surface area contributed by atoms with Crippen LogP contribution < -0.4 is 5.73 Å². The van der Waals surface area contributed by atoms with E-state index in [9.17, 15) is 4.39 Å². The molecule has 0 saturated carbocycles. The highest BCUT2D eigenvalue weighted by molar-refractivity contribution is 5.55. The van der Waals surface area contributed by atoms with Crippen LogP contribution in [0.4, 0.5) is 10.1 Å². The van der Waals surface area contributed by atoms with Gasteiger partial charge in [-0.25, -0.2) is 4.39 Å². The van der Waals surface area contributed by atoms with Crippen LogP contribution in [-0.2, 0) is 0 Å². The van der Waals surface area contributed by atoms with Gasteiger partial charge >= 0.3 is 0 Å². The van der Waals surface area contributed by atoms with Gasteiger partial charge in [0.05, 0.1) is 12.3 Å². The van der Waals surface area contributed by atoms with E-state index < -0.39 is 0 Å². The van der Waals surface area contributed by atoms with Crippen molar-refractivity contribution in [3.8, 4) is 11.8 Å². The molecule has 0 radical (unpaired) electrons. The molecule has 0 aromatic heterocycles. The van der Waals surface area contributed by atoms with Crippen molar-refractivity contribution >= 4 is 5.69 Å². The molecule has 0 unspecified atom stereocenters. The lowest BCUT2D eigenvalue weighted by atomic mass is 10.2. The maximum atomic E-state index is 12.6. The molecule has 0 heterocycles. The Labute approximate surface area is 76.2 Å². The van der Waals surface area contributed by atoms with Crippen molar-refractivity contribution in [3.05, 3.63) is 29.6 Å². The van der Waals surface area contributed by atoms with Crippen molar-refractivity contribution in [3.63, 3.8) is 0 Å². The van der Waals surface area contributed by atoms with Crippen molar-refractivity contribution in [2.24, 2.45) is 0 Å². The van der Waals surface area contributed by atoms with Gasteiger partial charge in [-0.3, -0.25) is 0 Å². The summed E-state index contributed by atoms with van der Waals surface area (Å²) in [6.45, 7) is 0.0219. The minimum atomic E-state index is -0.370. The Hall–Kier alpha value is -1.53. The van der Waals surface area contributed by atoms with Crippen LogP contribution in [0.1, 0.15) is 12.0 Å². The van der Waals surface area contributed by atoms with Gasteiger partial charge < -0.3 is 10.8 Å². The minimum Gasteiger partial charge on any atom is -0.398 e. The van der Waals surface area contributed by atoms with E-state index in [2.05, 4.69) is 11.8 Å². The number of hydrogen-bond donors (Lipinski definition) is 2. The van der Waals surface area contributed by atoms with Crippen molar-refractivity contribution < 1.29 is 9.50 Å². The maximum Gasteiger partial charge on any atom is 0.125 e. The van der Waals surface area contributed by atoms with Crippen LogP contribution in [0.15, 0.2) is 18.2 Å². The number of aliphatic hydroxyl groups is 1. The Morgan fingerprint density at radius 1 is 1.46 bits per heavy atom. The average Bonchev–Trinajstić information content (AvgIpc) is 2.09. The molecular weight excluding hydrogens is 169 g/mol. The minimum absolute atomic E-state index is 0.0219. The summed E-state index contributed by atoms with van der Waals surface area (Å²) in [7, 11) is 0. The number of anilines is 1. The van der Waals surface area contributed by atoms with Crippen molar-refractivity contribution in [1.29, 1.82) is 0 Å². The zero-order chi connectivity index (χ0) is 9.68. The Morgan fingerprint density at radius 3 is 2.85 bits per heavy atom. The third-order valence-corrected chi connectivity index (χ3v) is 1.47. The highest BCUT2D eigenvalue weighted by Crippen LogP contribution is 2.11. The van der Waals surface area contributed by atoms with E-state index in [1.165, 1.54) is 18.2 Å². The van der Waals surface area contributed by atoms with Crippen molar-refractivity contribution in [2.75, 3.05) is 12.3 Å². The molecule has 1 aromatic carbocycles. The third kappa shape index (κ3) is 2.77. The van der Waals surface area contributed by atoms with Gasteiger partial charge in [-0.2, -0.15) is 0 Å². The first kappa shape index (κ1) is 9.56. The van der Waals surface area contributed by atoms with Gasteiger partial charge in [-0.15, -0.1) is 0 Å². The summed E-state index contributed by atoms with van der Waals surface area (Å²) in [6, 6.07) is 4.05. The highest BCUT2D eigenvalue weighted by atomic mass is 19.1. The lowest BCUT2D eigenvalue weighted by Crippen LogP contribution is -1.91. The third-order valence-electron chi connectivity index (χ3n) is 1.47. The van der Waals surface area contributed by atoms with E-state index in [1.807, 2.05) is 0 Å². The van der Waals surface area contributed by atoms with Crippen LogP contribution in [0.5, 0.6) is 0 Å². The van der Waals surface area contributed by atoms with Gasteiger partial charge in [0.1, 0.15) is 5.82 Å². The fraction of sp³-hybridized carbons (Fsp3) is 0.200. The molecule has 1 aromatic rings. The normalized spacial score (nSPS) is 9.08. The lowest BCUT2D eigenvalue weighted by molar-refractivity contribution is 0.305. The summed E-state index contributed by atoms with van der Waals surface area (Å²) in [5.41, 5.74) is 6.42. The molecule has 3 N–H and O–H groups in total. The molecule has 0 bridgehead atoms. The zero-order valence-electron chi connectivity index (χ0n) is 7.05. The second-order valence-corrected chi connectivity index (χ2v) is 2.51. The average molecular weight is 179 g/mol. The quantitative estimate of drug-likeness (QED) is 0.501. The number of nitrogens with two attached hydrogens (primary N) is 1. The number of hydrogen-bond acceptors (Lipinski definition) is 2. The van der Waals surface area contributed by atoms with Gasteiger partial charge in [0.25, 0.3) is 0 Å². The van der Waals surface area contributed by atoms with E-state index >= 15 is 0 Å². The van der Waals surface area contributed by atoms with Crippen molar-refractivity contribution in [2.45, 2.75) is 6.42 Å². The number of nitrogen functional groups attached to an aromatic ring is 1. The van der Waals surface area contributed by atoms with Gasteiger partial charge in [0, 0.05) is 12.0 Å². The van der Waals surface area contributed by atoms with Gasteiger partial charge in [0.2, 0.25) is 0 Å². The van der Waals surface area contributed by atoms with E-state index in [4.69, 9.17) is 10.8 Å². The monoisotopic (exact) mass is 179 g/mol. The molecule has 0 aliphatic carbocycles. The van der Waals surface area contributed by atoms with Crippen molar-refractivity contribution in [1.82, 2.24) is 0 Å². The standard InChI is InChI=1S/C10H10FNO/c11-9-5-4-8(10(12)7-9)3-1-2-6-13/h4-5,7,13H,2,6,12H2. The number of benzene rings is 1. The molecule has 0 amide bonds. The number of rotatable bonds is 1. The Bertz CT molecular complexity index is 352.